The van der Waals surface area contributed by atoms with Crippen LogP contribution in [0.4, 0.5) is 5.82 Å². The van der Waals surface area contributed by atoms with Crippen molar-refractivity contribution < 1.29 is 14.9 Å². The summed E-state index contributed by atoms with van der Waals surface area (Å²) in [7, 11) is 0. The maximum atomic E-state index is 9.86. The molecular weight excluding hydrogens is 242 g/mol. The lowest BCUT2D eigenvalue weighted by Gasteiger charge is -2.18. The van der Waals surface area contributed by atoms with E-state index in [9.17, 15) is 5.11 Å². The topological polar surface area (TPSA) is 93.5 Å². The van der Waals surface area contributed by atoms with Crippen molar-refractivity contribution in [1.82, 2.24) is 9.55 Å². The van der Waals surface area contributed by atoms with E-state index in [4.69, 9.17) is 27.8 Å². The van der Waals surface area contributed by atoms with Gasteiger partial charge in [0.1, 0.15) is 18.1 Å². The summed E-state index contributed by atoms with van der Waals surface area (Å²) in [6.07, 6.45) is -0.0557. The van der Waals surface area contributed by atoms with Crippen molar-refractivity contribution in [1.29, 1.82) is 0 Å². The van der Waals surface area contributed by atoms with Crippen LogP contribution >= 0.6 is 12.2 Å². The van der Waals surface area contributed by atoms with Gasteiger partial charge >= 0.3 is 0 Å². The second-order valence-electron chi connectivity index (χ2n) is 4.14. The van der Waals surface area contributed by atoms with Crippen LogP contribution in [0.2, 0.25) is 0 Å². The Bertz CT molecular complexity index is 464. The summed E-state index contributed by atoms with van der Waals surface area (Å²) in [6.45, 7) is 1.61. The van der Waals surface area contributed by atoms with E-state index in [-0.39, 0.29) is 12.5 Å². The molecule has 1 aliphatic heterocycles. The van der Waals surface area contributed by atoms with Crippen LogP contribution < -0.4 is 5.73 Å². The molecule has 0 bridgehead atoms. The predicted molar refractivity (Wildman–Crippen MR) is 63.6 cm³/mol. The van der Waals surface area contributed by atoms with E-state index in [0.29, 0.717) is 10.6 Å². The Hall–Kier alpha value is -1.02. The third-order valence-corrected chi connectivity index (χ3v) is 3.29. The second kappa shape index (κ2) is 4.69. The van der Waals surface area contributed by atoms with Crippen LogP contribution in [0.3, 0.4) is 0 Å². The number of hydrogen-bond donors (Lipinski definition) is 3. The summed E-state index contributed by atoms with van der Waals surface area (Å²) in [5, 5.41) is 18.9. The van der Waals surface area contributed by atoms with Crippen LogP contribution in [0.5, 0.6) is 0 Å². The van der Waals surface area contributed by atoms with Gasteiger partial charge in [0, 0.05) is 12.1 Å². The summed E-state index contributed by atoms with van der Waals surface area (Å²) in [6, 6.07) is 1.62. The van der Waals surface area contributed by atoms with E-state index < -0.39 is 18.4 Å². The monoisotopic (exact) mass is 257 g/mol. The summed E-state index contributed by atoms with van der Waals surface area (Å²) in [5.74, 6) is 0.167. The first kappa shape index (κ1) is 12.4. The van der Waals surface area contributed by atoms with E-state index in [1.807, 2.05) is 6.92 Å². The number of anilines is 1. The van der Waals surface area contributed by atoms with Gasteiger partial charge in [-0.1, -0.05) is 6.92 Å². The fourth-order valence-corrected chi connectivity index (χ4v) is 2.25. The minimum absolute atomic E-state index is 0.177. The quantitative estimate of drug-likeness (QED) is 0.650. The molecule has 0 aliphatic carbocycles. The molecule has 0 spiro atoms. The number of rotatable bonds is 2. The standard InChI is InChI=1S/C10H15N3O3S/c1-5-8(15)6(4-14)16-9(5)13-3-2-7(11)12-10(13)17/h2-3,5-6,8-9,14-15H,4H2,1H3,(H2,11,12,17)/t5-,6-,8+,9-/m1/s1. The molecule has 0 unspecified atom stereocenters. The van der Waals surface area contributed by atoms with Gasteiger partial charge in [0.25, 0.3) is 0 Å². The van der Waals surface area contributed by atoms with Crippen molar-refractivity contribution in [2.45, 2.75) is 25.4 Å². The van der Waals surface area contributed by atoms with E-state index in [0.717, 1.165) is 0 Å². The van der Waals surface area contributed by atoms with Crippen molar-refractivity contribution in [3.05, 3.63) is 17.0 Å². The van der Waals surface area contributed by atoms with Crippen molar-refractivity contribution in [2.75, 3.05) is 12.3 Å². The summed E-state index contributed by atoms with van der Waals surface area (Å²) in [5.41, 5.74) is 5.52. The van der Waals surface area contributed by atoms with Crippen LogP contribution in [0, 0.1) is 10.7 Å². The molecule has 1 fully saturated rings. The van der Waals surface area contributed by atoms with Gasteiger partial charge in [0.05, 0.1) is 12.7 Å². The lowest BCUT2D eigenvalue weighted by atomic mass is 10.0. The number of ether oxygens (including phenoxy) is 1. The van der Waals surface area contributed by atoms with Crippen LogP contribution in [-0.4, -0.2) is 38.6 Å². The zero-order valence-electron chi connectivity index (χ0n) is 9.35. The number of nitrogens with two attached hydrogens (primary N) is 1. The molecule has 7 heteroatoms. The predicted octanol–water partition coefficient (Wildman–Crippen LogP) is 0.0815. The first-order valence-corrected chi connectivity index (χ1v) is 5.74. The van der Waals surface area contributed by atoms with Gasteiger partial charge in [-0.05, 0) is 18.3 Å². The molecule has 1 saturated heterocycles. The molecule has 4 atom stereocenters. The third kappa shape index (κ3) is 2.19. The molecule has 94 valence electrons. The first-order valence-electron chi connectivity index (χ1n) is 5.33. The Morgan fingerprint density at radius 3 is 2.88 bits per heavy atom. The fraction of sp³-hybridized carbons (Fsp3) is 0.600. The van der Waals surface area contributed by atoms with Crippen LogP contribution in [-0.2, 0) is 4.74 Å². The summed E-state index contributed by atoms with van der Waals surface area (Å²) >= 11 is 5.09. The van der Waals surface area contributed by atoms with Crippen molar-refractivity contribution >= 4 is 18.0 Å². The minimum atomic E-state index is -0.718. The van der Waals surface area contributed by atoms with Gasteiger partial charge in [-0.3, -0.25) is 4.57 Å². The largest absolute Gasteiger partial charge is 0.394 e. The number of aliphatic hydroxyl groups excluding tert-OH is 2. The van der Waals surface area contributed by atoms with Gasteiger partial charge in [-0.25, -0.2) is 4.98 Å². The zero-order chi connectivity index (χ0) is 12.6. The number of nitrogen functional groups attached to an aromatic ring is 1. The molecule has 1 aliphatic rings. The fourth-order valence-electron chi connectivity index (χ4n) is 1.98. The summed E-state index contributed by atoms with van der Waals surface area (Å²) in [4.78, 5) is 3.96. The van der Waals surface area contributed by atoms with Crippen molar-refractivity contribution in [3.63, 3.8) is 0 Å². The van der Waals surface area contributed by atoms with Crippen LogP contribution in [0.15, 0.2) is 12.3 Å². The Labute approximate surface area is 104 Å². The smallest absolute Gasteiger partial charge is 0.203 e. The third-order valence-electron chi connectivity index (χ3n) is 2.99. The molecule has 1 aromatic heterocycles. The van der Waals surface area contributed by atoms with E-state index >= 15 is 0 Å². The normalized spacial score (nSPS) is 32.9. The van der Waals surface area contributed by atoms with E-state index in [1.54, 1.807) is 16.8 Å². The lowest BCUT2D eigenvalue weighted by Crippen LogP contribution is -2.28. The molecule has 0 amide bonds. The minimum Gasteiger partial charge on any atom is -0.394 e. The number of hydrogen-bond acceptors (Lipinski definition) is 6. The van der Waals surface area contributed by atoms with Gasteiger partial charge < -0.3 is 20.7 Å². The van der Waals surface area contributed by atoms with E-state index in [1.165, 1.54) is 0 Å². The molecule has 17 heavy (non-hydrogen) atoms. The summed E-state index contributed by atoms with van der Waals surface area (Å²) < 4.78 is 7.49. The molecule has 6 nitrogen and oxygen atoms in total. The highest BCUT2D eigenvalue weighted by molar-refractivity contribution is 7.71. The highest BCUT2D eigenvalue weighted by atomic mass is 32.1. The number of nitrogens with zero attached hydrogens (tertiary/aromatic N) is 2. The first-order chi connectivity index (χ1) is 8.04. The average molecular weight is 257 g/mol. The molecule has 2 heterocycles. The van der Waals surface area contributed by atoms with Gasteiger partial charge in [-0.15, -0.1) is 0 Å². The van der Waals surface area contributed by atoms with Gasteiger partial charge in [0.2, 0.25) is 4.77 Å². The molecule has 0 saturated carbocycles. The average Bonchev–Trinajstić information content (AvgIpc) is 2.57. The second-order valence-corrected chi connectivity index (χ2v) is 4.50. The lowest BCUT2D eigenvalue weighted by molar-refractivity contribution is -0.0469. The van der Waals surface area contributed by atoms with E-state index in [2.05, 4.69) is 4.98 Å². The molecule has 4 N–H and O–H groups in total. The van der Waals surface area contributed by atoms with Crippen molar-refractivity contribution in [2.24, 2.45) is 5.92 Å². The molecule has 0 radical (unpaired) electrons. The van der Waals surface area contributed by atoms with Gasteiger partial charge in [0.15, 0.2) is 0 Å². The Balaban J connectivity index is 2.32. The Morgan fingerprint density at radius 1 is 1.65 bits per heavy atom. The molecule has 0 aromatic carbocycles. The zero-order valence-corrected chi connectivity index (χ0v) is 10.2. The molecular formula is C10H15N3O3S. The molecule has 1 aromatic rings. The highest BCUT2D eigenvalue weighted by Gasteiger charge is 2.41. The Morgan fingerprint density at radius 2 is 2.35 bits per heavy atom. The molecule has 2 rings (SSSR count). The SMILES string of the molecule is C[C@@H]1[C@H](O)[C@@H](CO)O[C@H]1n1ccc(N)nc1=S. The highest BCUT2D eigenvalue weighted by Crippen LogP contribution is 2.34. The van der Waals surface area contributed by atoms with Crippen LogP contribution in [0.1, 0.15) is 13.2 Å². The maximum Gasteiger partial charge on any atom is 0.203 e. The number of aromatic nitrogens is 2. The van der Waals surface area contributed by atoms with Crippen LogP contribution in [0.25, 0.3) is 0 Å². The maximum absolute atomic E-state index is 9.86. The Kier molecular flexibility index (Phi) is 3.43. The van der Waals surface area contributed by atoms with Crippen molar-refractivity contribution in [3.8, 4) is 0 Å². The van der Waals surface area contributed by atoms with Gasteiger partial charge in [-0.2, -0.15) is 0 Å². The number of aliphatic hydroxyl groups is 2.